The lowest BCUT2D eigenvalue weighted by molar-refractivity contribution is 0.721. The van der Waals surface area contributed by atoms with Crippen molar-refractivity contribution in [2.45, 2.75) is 32.9 Å². The van der Waals surface area contributed by atoms with Gasteiger partial charge in [-0.3, -0.25) is 0 Å². The minimum atomic E-state index is 0.327. The number of hydrogen-bond acceptors (Lipinski definition) is 5. The molecule has 1 aliphatic heterocycles. The molecule has 132 valence electrons. The summed E-state index contributed by atoms with van der Waals surface area (Å²) in [6.45, 7) is 6.01. The van der Waals surface area contributed by atoms with E-state index in [1.165, 1.54) is 16.8 Å². The maximum Gasteiger partial charge on any atom is 0.252 e. The average molecular weight is 345 g/mol. The van der Waals surface area contributed by atoms with Crippen LogP contribution in [-0.2, 0) is 13.0 Å². The summed E-state index contributed by atoms with van der Waals surface area (Å²) in [5.74, 6) is 1.53. The van der Waals surface area contributed by atoms with E-state index in [0.29, 0.717) is 12.0 Å². The minimum Gasteiger partial charge on any atom is -0.351 e. The Morgan fingerprint density at radius 2 is 1.85 bits per heavy atom. The van der Waals surface area contributed by atoms with Crippen molar-refractivity contribution in [1.82, 2.24) is 15.2 Å². The van der Waals surface area contributed by atoms with Crippen molar-refractivity contribution in [2.24, 2.45) is 0 Å². The molecule has 1 atom stereocenters. The molecule has 1 unspecified atom stereocenters. The Kier molecular flexibility index (Phi) is 4.52. The van der Waals surface area contributed by atoms with Crippen LogP contribution in [0.1, 0.15) is 25.0 Å². The number of rotatable bonds is 5. The van der Waals surface area contributed by atoms with Crippen molar-refractivity contribution in [3.63, 3.8) is 0 Å². The summed E-state index contributed by atoms with van der Waals surface area (Å²) in [5, 5.41) is 8.58. The number of hydrogen-bond donors (Lipinski definition) is 0. The number of fused-ring (bicyclic) bond motifs is 1. The molecule has 0 aliphatic carbocycles. The average Bonchev–Trinajstić information content (AvgIpc) is 3.02. The number of benzene rings is 2. The second kappa shape index (κ2) is 7.12. The van der Waals surface area contributed by atoms with Gasteiger partial charge < -0.3 is 9.80 Å². The molecular formula is C21H23N5. The predicted octanol–water partition coefficient (Wildman–Crippen LogP) is 3.98. The van der Waals surface area contributed by atoms with Crippen molar-refractivity contribution >= 4 is 17.5 Å². The van der Waals surface area contributed by atoms with Crippen LogP contribution in [0.5, 0.6) is 0 Å². The third-order valence-electron chi connectivity index (χ3n) is 4.88. The minimum absolute atomic E-state index is 0.327. The Morgan fingerprint density at radius 3 is 2.65 bits per heavy atom. The Hall–Kier alpha value is -2.95. The van der Waals surface area contributed by atoms with E-state index in [2.05, 4.69) is 82.4 Å². The molecule has 2 aromatic carbocycles. The van der Waals surface area contributed by atoms with Gasteiger partial charge in [-0.15, -0.1) is 5.10 Å². The summed E-state index contributed by atoms with van der Waals surface area (Å²) >= 11 is 0. The van der Waals surface area contributed by atoms with E-state index in [4.69, 9.17) is 4.98 Å². The molecule has 0 spiro atoms. The molecule has 26 heavy (non-hydrogen) atoms. The molecule has 0 bridgehead atoms. The van der Waals surface area contributed by atoms with Gasteiger partial charge in [0.25, 0.3) is 5.95 Å². The maximum atomic E-state index is 4.85. The number of anilines is 3. The Labute approximate surface area is 154 Å². The van der Waals surface area contributed by atoms with Crippen LogP contribution >= 0.6 is 0 Å². The molecule has 3 aromatic rings. The smallest absolute Gasteiger partial charge is 0.252 e. The zero-order chi connectivity index (χ0) is 17.9. The van der Waals surface area contributed by atoms with Crippen LogP contribution < -0.4 is 9.80 Å². The molecule has 5 nitrogen and oxygen atoms in total. The first-order valence-electron chi connectivity index (χ1n) is 9.12. The van der Waals surface area contributed by atoms with Crippen LogP contribution in [0.25, 0.3) is 0 Å². The normalized spacial score (nSPS) is 15.8. The fourth-order valence-corrected chi connectivity index (χ4v) is 3.57. The highest BCUT2D eigenvalue weighted by Gasteiger charge is 2.29. The lowest BCUT2D eigenvalue weighted by Crippen LogP contribution is -2.28. The van der Waals surface area contributed by atoms with Crippen LogP contribution in [0.2, 0.25) is 0 Å². The summed E-state index contributed by atoms with van der Waals surface area (Å²) in [4.78, 5) is 9.27. The maximum absolute atomic E-state index is 4.85. The van der Waals surface area contributed by atoms with Gasteiger partial charge in [0, 0.05) is 24.8 Å². The zero-order valence-electron chi connectivity index (χ0n) is 15.2. The quantitative estimate of drug-likeness (QED) is 0.700. The van der Waals surface area contributed by atoms with Crippen LogP contribution in [0, 0.1) is 0 Å². The van der Waals surface area contributed by atoms with Gasteiger partial charge in [0.1, 0.15) is 0 Å². The van der Waals surface area contributed by atoms with Crippen molar-refractivity contribution in [2.75, 3.05) is 16.3 Å². The first-order valence-corrected chi connectivity index (χ1v) is 9.12. The fourth-order valence-electron chi connectivity index (χ4n) is 3.57. The Morgan fingerprint density at radius 1 is 1.08 bits per heavy atom. The molecule has 1 aromatic heterocycles. The summed E-state index contributed by atoms with van der Waals surface area (Å²) in [6, 6.07) is 19.2. The molecule has 1 aliphatic rings. The molecule has 0 N–H and O–H groups in total. The van der Waals surface area contributed by atoms with E-state index in [0.717, 1.165) is 25.3 Å². The van der Waals surface area contributed by atoms with Gasteiger partial charge in [-0.2, -0.15) is 10.1 Å². The van der Waals surface area contributed by atoms with E-state index in [-0.39, 0.29) is 0 Å². The third kappa shape index (κ3) is 3.12. The topological polar surface area (TPSA) is 45.2 Å². The monoisotopic (exact) mass is 345 g/mol. The molecule has 0 radical (unpaired) electrons. The largest absolute Gasteiger partial charge is 0.351 e. The second-order valence-electron chi connectivity index (χ2n) is 6.67. The highest BCUT2D eigenvalue weighted by molar-refractivity contribution is 5.67. The Balaban J connectivity index is 1.64. The molecule has 2 heterocycles. The molecule has 0 saturated carbocycles. The summed E-state index contributed by atoms with van der Waals surface area (Å²) in [6.07, 6.45) is 2.76. The summed E-state index contributed by atoms with van der Waals surface area (Å²) < 4.78 is 0. The molecule has 5 heteroatoms. The molecule has 0 amide bonds. The van der Waals surface area contributed by atoms with Crippen LogP contribution in [0.4, 0.5) is 17.5 Å². The van der Waals surface area contributed by atoms with Gasteiger partial charge in [0.15, 0.2) is 5.82 Å². The van der Waals surface area contributed by atoms with Gasteiger partial charge in [-0.1, -0.05) is 48.5 Å². The second-order valence-corrected chi connectivity index (χ2v) is 6.67. The van der Waals surface area contributed by atoms with E-state index in [9.17, 15) is 0 Å². The summed E-state index contributed by atoms with van der Waals surface area (Å²) in [5.41, 5.74) is 3.78. The summed E-state index contributed by atoms with van der Waals surface area (Å²) in [7, 11) is 0. The van der Waals surface area contributed by atoms with Crippen molar-refractivity contribution in [3.8, 4) is 0 Å². The van der Waals surface area contributed by atoms with E-state index in [1.54, 1.807) is 6.20 Å². The third-order valence-corrected chi connectivity index (χ3v) is 4.88. The number of para-hydroxylation sites is 1. The molecule has 4 rings (SSSR count). The van der Waals surface area contributed by atoms with Crippen LogP contribution in [0.15, 0.2) is 60.8 Å². The van der Waals surface area contributed by atoms with Crippen molar-refractivity contribution in [1.29, 1.82) is 0 Å². The van der Waals surface area contributed by atoms with Gasteiger partial charge >= 0.3 is 0 Å². The molecule has 0 saturated heterocycles. The van der Waals surface area contributed by atoms with E-state index in [1.807, 2.05) is 6.07 Å². The van der Waals surface area contributed by atoms with Crippen molar-refractivity contribution in [3.05, 3.63) is 71.9 Å². The lowest BCUT2D eigenvalue weighted by Gasteiger charge is -2.25. The SMILES string of the molecule is CCN(Cc1ccccc1)c1cnnc(N2c3ccccc3CC2C)n1. The van der Waals surface area contributed by atoms with Gasteiger partial charge in [0.05, 0.1) is 6.20 Å². The highest BCUT2D eigenvalue weighted by Crippen LogP contribution is 2.36. The molecule has 0 fully saturated rings. The molecular weight excluding hydrogens is 322 g/mol. The highest BCUT2D eigenvalue weighted by atomic mass is 15.4. The lowest BCUT2D eigenvalue weighted by atomic mass is 10.1. The van der Waals surface area contributed by atoms with E-state index >= 15 is 0 Å². The van der Waals surface area contributed by atoms with Crippen LogP contribution in [0.3, 0.4) is 0 Å². The number of nitrogens with zero attached hydrogens (tertiary/aromatic N) is 5. The van der Waals surface area contributed by atoms with Crippen LogP contribution in [-0.4, -0.2) is 27.8 Å². The number of aromatic nitrogens is 3. The first kappa shape index (κ1) is 16.5. The van der Waals surface area contributed by atoms with Crippen molar-refractivity contribution < 1.29 is 0 Å². The van der Waals surface area contributed by atoms with E-state index < -0.39 is 0 Å². The zero-order valence-corrected chi connectivity index (χ0v) is 15.2. The predicted molar refractivity (Wildman–Crippen MR) is 105 cm³/mol. The van der Waals surface area contributed by atoms with Gasteiger partial charge in [0.2, 0.25) is 0 Å². The van der Waals surface area contributed by atoms with Gasteiger partial charge in [-0.05, 0) is 37.5 Å². The standard InChI is InChI=1S/C21H23N5/c1-3-25(15-17-9-5-4-6-10-17)20-14-22-24-21(23-20)26-16(2)13-18-11-7-8-12-19(18)26/h4-12,14,16H,3,13,15H2,1-2H3. The Bertz CT molecular complexity index is 880. The first-order chi connectivity index (χ1) is 12.8. The van der Waals surface area contributed by atoms with Gasteiger partial charge in [-0.25, -0.2) is 0 Å². The fraction of sp³-hybridized carbons (Fsp3) is 0.286.